The molecule has 77 heavy (non-hydrogen) atoms. The molecule has 0 aromatic heterocycles. The third-order valence-corrected chi connectivity index (χ3v) is 17.2. The topological polar surface area (TPSA) is 95.9 Å². The summed E-state index contributed by atoms with van der Waals surface area (Å²) in [6.07, 6.45) is 81.5. The maximum absolute atomic E-state index is 12.5. The van der Waals surface area contributed by atoms with E-state index >= 15 is 0 Å². The number of rotatable bonds is 68. The molecule has 6 heteroatoms. The van der Waals surface area contributed by atoms with E-state index < -0.39 is 12.1 Å². The molecule has 0 bridgehead atoms. The van der Waals surface area contributed by atoms with Crippen LogP contribution in [0.25, 0.3) is 0 Å². The molecule has 0 rings (SSSR count). The lowest BCUT2D eigenvalue weighted by molar-refractivity contribution is -0.143. The standard InChI is InChI=1S/C71H141NO5/c1-3-5-7-9-11-13-15-17-19-21-23-28-31-35-39-43-47-51-55-59-63-69(74)68(67-73)72-70(75)64-60-56-52-48-44-40-36-32-29-26-24-25-27-30-34-38-42-46-50-54-58-62-66-77-71(76)65-61-57-53-49-45-41-37-33-22-20-18-16-14-12-10-8-6-4-2/h68-69,73-74H,3-67H2,1-2H3,(H,72,75). The minimum Gasteiger partial charge on any atom is -0.466 e. The van der Waals surface area contributed by atoms with E-state index in [1.54, 1.807) is 0 Å². The van der Waals surface area contributed by atoms with Gasteiger partial charge in [0.2, 0.25) is 5.91 Å². The zero-order chi connectivity index (χ0) is 55.7. The van der Waals surface area contributed by atoms with Crippen molar-refractivity contribution in [2.24, 2.45) is 0 Å². The summed E-state index contributed by atoms with van der Waals surface area (Å²) in [6.45, 7) is 5.01. The number of nitrogens with one attached hydrogen (secondary N) is 1. The Morgan fingerprint density at radius 2 is 0.532 bits per heavy atom. The van der Waals surface area contributed by atoms with Crippen LogP contribution in [-0.2, 0) is 14.3 Å². The molecule has 460 valence electrons. The van der Waals surface area contributed by atoms with Gasteiger partial charge in [-0.3, -0.25) is 9.59 Å². The van der Waals surface area contributed by atoms with E-state index in [0.29, 0.717) is 25.9 Å². The molecule has 2 unspecified atom stereocenters. The van der Waals surface area contributed by atoms with Crippen molar-refractivity contribution in [3.63, 3.8) is 0 Å². The Hall–Kier alpha value is -1.14. The van der Waals surface area contributed by atoms with Gasteiger partial charge in [-0.25, -0.2) is 0 Å². The molecule has 0 saturated heterocycles. The van der Waals surface area contributed by atoms with Crippen molar-refractivity contribution in [1.82, 2.24) is 5.32 Å². The number of amides is 1. The molecule has 2 atom stereocenters. The van der Waals surface area contributed by atoms with Crippen LogP contribution in [0.3, 0.4) is 0 Å². The normalized spacial score (nSPS) is 12.4. The van der Waals surface area contributed by atoms with Gasteiger partial charge in [-0.2, -0.15) is 0 Å². The van der Waals surface area contributed by atoms with Gasteiger partial charge in [-0.05, 0) is 25.7 Å². The quantitative estimate of drug-likeness (QED) is 0.0417. The van der Waals surface area contributed by atoms with Gasteiger partial charge in [-0.15, -0.1) is 0 Å². The average Bonchev–Trinajstić information content (AvgIpc) is 3.43. The van der Waals surface area contributed by atoms with Crippen LogP contribution in [0.1, 0.15) is 418 Å². The Labute approximate surface area is 483 Å². The van der Waals surface area contributed by atoms with Gasteiger partial charge < -0.3 is 20.3 Å². The fourth-order valence-electron chi connectivity index (χ4n) is 11.7. The summed E-state index contributed by atoms with van der Waals surface area (Å²) in [4.78, 5) is 24.7. The molecule has 0 fully saturated rings. The number of aliphatic hydroxyl groups is 2. The molecule has 0 aromatic rings. The van der Waals surface area contributed by atoms with Crippen LogP contribution in [0.2, 0.25) is 0 Å². The van der Waals surface area contributed by atoms with E-state index in [0.717, 1.165) is 38.5 Å². The van der Waals surface area contributed by atoms with Crippen LogP contribution >= 0.6 is 0 Å². The number of aliphatic hydroxyl groups excluding tert-OH is 2. The lowest BCUT2D eigenvalue weighted by Gasteiger charge is -2.22. The van der Waals surface area contributed by atoms with E-state index in [2.05, 4.69) is 19.2 Å². The zero-order valence-corrected chi connectivity index (χ0v) is 52.7. The van der Waals surface area contributed by atoms with E-state index in [9.17, 15) is 19.8 Å². The lowest BCUT2D eigenvalue weighted by atomic mass is 10.0. The highest BCUT2D eigenvalue weighted by Gasteiger charge is 2.20. The molecule has 0 aromatic carbocycles. The first kappa shape index (κ1) is 75.9. The fourth-order valence-corrected chi connectivity index (χ4v) is 11.7. The van der Waals surface area contributed by atoms with E-state index in [1.165, 1.54) is 347 Å². The van der Waals surface area contributed by atoms with Crippen molar-refractivity contribution in [3.05, 3.63) is 0 Å². The highest BCUT2D eigenvalue weighted by atomic mass is 16.5. The van der Waals surface area contributed by atoms with Gasteiger partial charge >= 0.3 is 5.97 Å². The van der Waals surface area contributed by atoms with E-state index in [4.69, 9.17) is 4.74 Å². The minimum atomic E-state index is -0.664. The summed E-state index contributed by atoms with van der Waals surface area (Å²) in [7, 11) is 0. The first-order chi connectivity index (χ1) is 38.0. The highest BCUT2D eigenvalue weighted by molar-refractivity contribution is 5.76. The maximum Gasteiger partial charge on any atom is 0.305 e. The van der Waals surface area contributed by atoms with Crippen LogP contribution in [0, 0.1) is 0 Å². The van der Waals surface area contributed by atoms with Crippen molar-refractivity contribution in [2.45, 2.75) is 431 Å². The molecule has 1 amide bonds. The Bertz CT molecular complexity index is 1120. The molecule has 0 radical (unpaired) electrons. The van der Waals surface area contributed by atoms with Gasteiger partial charge in [0.1, 0.15) is 0 Å². The van der Waals surface area contributed by atoms with Crippen molar-refractivity contribution in [2.75, 3.05) is 13.2 Å². The number of hydrogen-bond acceptors (Lipinski definition) is 5. The molecular formula is C71H141NO5. The molecular weight excluding hydrogens is 947 g/mol. The van der Waals surface area contributed by atoms with Crippen LogP contribution in [0.5, 0.6) is 0 Å². The Morgan fingerprint density at radius 1 is 0.312 bits per heavy atom. The summed E-state index contributed by atoms with van der Waals surface area (Å²) in [6, 6.07) is -0.541. The Morgan fingerprint density at radius 3 is 0.792 bits per heavy atom. The zero-order valence-electron chi connectivity index (χ0n) is 52.7. The molecule has 0 heterocycles. The SMILES string of the molecule is CCCCCCCCCCCCCCCCCCCCCCC(O)C(CO)NC(=O)CCCCCCCCCCCCCCCCCCCCCCCCOC(=O)CCCCCCCCCCCCCCCCCCCC. The summed E-state index contributed by atoms with van der Waals surface area (Å²) in [5.41, 5.74) is 0. The lowest BCUT2D eigenvalue weighted by Crippen LogP contribution is -2.45. The molecule has 0 spiro atoms. The largest absolute Gasteiger partial charge is 0.466 e. The average molecular weight is 1090 g/mol. The first-order valence-corrected chi connectivity index (χ1v) is 35.8. The Kier molecular flexibility index (Phi) is 66.4. The number of hydrogen-bond donors (Lipinski definition) is 3. The van der Waals surface area contributed by atoms with Gasteiger partial charge in [0.25, 0.3) is 0 Å². The second-order valence-electron chi connectivity index (χ2n) is 24.9. The summed E-state index contributed by atoms with van der Waals surface area (Å²) in [5, 5.41) is 23.4. The number of carbonyl (C=O) groups is 2. The predicted octanol–water partition coefficient (Wildman–Crippen LogP) is 23.0. The monoisotopic (exact) mass is 1090 g/mol. The van der Waals surface area contributed by atoms with Crippen molar-refractivity contribution in [3.8, 4) is 0 Å². The number of esters is 1. The van der Waals surface area contributed by atoms with E-state index in [-0.39, 0.29) is 18.5 Å². The van der Waals surface area contributed by atoms with Crippen LogP contribution < -0.4 is 5.32 Å². The summed E-state index contributed by atoms with van der Waals surface area (Å²) >= 11 is 0. The van der Waals surface area contributed by atoms with Crippen molar-refractivity contribution in [1.29, 1.82) is 0 Å². The highest BCUT2D eigenvalue weighted by Crippen LogP contribution is 2.20. The van der Waals surface area contributed by atoms with Gasteiger partial charge in [0.05, 0.1) is 25.4 Å². The van der Waals surface area contributed by atoms with Gasteiger partial charge in [-0.1, -0.05) is 380 Å². The van der Waals surface area contributed by atoms with Crippen LogP contribution in [0.4, 0.5) is 0 Å². The molecule has 0 saturated carbocycles. The fraction of sp³-hybridized carbons (Fsp3) is 0.972. The molecule has 0 aliphatic carbocycles. The number of ether oxygens (including phenoxy) is 1. The third-order valence-electron chi connectivity index (χ3n) is 17.2. The van der Waals surface area contributed by atoms with Crippen LogP contribution in [0.15, 0.2) is 0 Å². The summed E-state index contributed by atoms with van der Waals surface area (Å²) < 4.78 is 5.51. The number of unbranched alkanes of at least 4 members (excludes halogenated alkanes) is 57. The van der Waals surface area contributed by atoms with Crippen LogP contribution in [-0.4, -0.2) is 47.4 Å². The second-order valence-corrected chi connectivity index (χ2v) is 24.9. The van der Waals surface area contributed by atoms with Gasteiger partial charge in [0.15, 0.2) is 0 Å². The minimum absolute atomic E-state index is 0.0193. The predicted molar refractivity (Wildman–Crippen MR) is 338 cm³/mol. The second kappa shape index (κ2) is 67.4. The number of carbonyl (C=O) groups excluding carboxylic acids is 2. The third kappa shape index (κ3) is 63.9. The van der Waals surface area contributed by atoms with E-state index in [1.807, 2.05) is 0 Å². The summed E-state index contributed by atoms with van der Waals surface area (Å²) in [5.74, 6) is -0.0104. The van der Waals surface area contributed by atoms with Crippen molar-refractivity contribution >= 4 is 11.9 Å². The Balaban J connectivity index is 3.35. The molecule has 0 aliphatic rings. The van der Waals surface area contributed by atoms with Gasteiger partial charge in [0, 0.05) is 12.8 Å². The van der Waals surface area contributed by atoms with Crippen molar-refractivity contribution < 1.29 is 24.5 Å². The maximum atomic E-state index is 12.5. The molecule has 3 N–H and O–H groups in total. The smallest absolute Gasteiger partial charge is 0.305 e. The first-order valence-electron chi connectivity index (χ1n) is 35.8. The molecule has 6 nitrogen and oxygen atoms in total. The molecule has 0 aliphatic heterocycles.